The lowest BCUT2D eigenvalue weighted by molar-refractivity contribution is 0.0927. The van der Waals surface area contributed by atoms with Crippen molar-refractivity contribution >= 4 is 11.7 Å². The molecule has 8 heteroatoms. The molecule has 178 valence electrons. The first-order valence-corrected chi connectivity index (χ1v) is 12.1. The molecule has 3 heterocycles. The lowest BCUT2D eigenvalue weighted by atomic mass is 9.92. The molecule has 5 rings (SSSR count). The minimum absolute atomic E-state index is 0.0777. The number of carbonyl (C=O) groups is 1. The third kappa shape index (κ3) is 5.24. The van der Waals surface area contributed by atoms with Gasteiger partial charge in [0.05, 0.1) is 11.6 Å². The van der Waals surface area contributed by atoms with Crippen molar-refractivity contribution < 1.29 is 9.53 Å². The molecule has 0 saturated carbocycles. The maximum atomic E-state index is 12.8. The van der Waals surface area contributed by atoms with Gasteiger partial charge >= 0.3 is 0 Å². The van der Waals surface area contributed by atoms with E-state index in [1.807, 2.05) is 37.4 Å². The second-order valence-electron chi connectivity index (χ2n) is 9.20. The topological polar surface area (TPSA) is 104 Å². The van der Waals surface area contributed by atoms with Gasteiger partial charge in [-0.3, -0.25) is 9.78 Å². The maximum absolute atomic E-state index is 12.8. The quantitative estimate of drug-likeness (QED) is 0.612. The normalized spacial score (nSPS) is 17.8. The van der Waals surface area contributed by atoms with Gasteiger partial charge in [0.2, 0.25) is 0 Å². The van der Waals surface area contributed by atoms with E-state index in [-0.39, 0.29) is 18.1 Å². The molecule has 2 aliphatic rings. The summed E-state index contributed by atoms with van der Waals surface area (Å²) in [6, 6.07) is 15.3. The van der Waals surface area contributed by atoms with Crippen LogP contribution in [-0.2, 0) is 12.8 Å². The summed E-state index contributed by atoms with van der Waals surface area (Å²) >= 11 is 0. The van der Waals surface area contributed by atoms with E-state index in [0.29, 0.717) is 11.3 Å². The second-order valence-corrected chi connectivity index (χ2v) is 9.20. The van der Waals surface area contributed by atoms with Crippen LogP contribution < -0.4 is 15.0 Å². The van der Waals surface area contributed by atoms with Crippen LogP contribution in [-0.4, -0.2) is 46.3 Å². The number of ether oxygens (including phenoxy) is 1. The molecule has 0 spiro atoms. The first-order chi connectivity index (χ1) is 17.1. The van der Waals surface area contributed by atoms with Gasteiger partial charge in [-0.15, -0.1) is 10.2 Å². The van der Waals surface area contributed by atoms with Gasteiger partial charge in [0, 0.05) is 43.9 Å². The fraction of sp³-hybridized carbons (Fsp3) is 0.370. The number of benzene rings is 1. The third-order valence-electron chi connectivity index (χ3n) is 6.71. The molecule has 0 bridgehead atoms. The Kier molecular flexibility index (Phi) is 6.57. The molecule has 1 atom stereocenters. The van der Waals surface area contributed by atoms with E-state index >= 15 is 0 Å². The van der Waals surface area contributed by atoms with Crippen molar-refractivity contribution in [2.75, 3.05) is 18.0 Å². The summed E-state index contributed by atoms with van der Waals surface area (Å²) in [5.74, 6) is 1.35. The molecule has 1 aliphatic carbocycles. The molecule has 1 amide bonds. The van der Waals surface area contributed by atoms with E-state index in [1.54, 1.807) is 12.1 Å². The molecule has 35 heavy (non-hydrogen) atoms. The van der Waals surface area contributed by atoms with Gasteiger partial charge in [0.25, 0.3) is 5.91 Å². The van der Waals surface area contributed by atoms with Gasteiger partial charge in [-0.2, -0.15) is 5.26 Å². The van der Waals surface area contributed by atoms with Crippen LogP contribution in [0.25, 0.3) is 0 Å². The van der Waals surface area contributed by atoms with Crippen LogP contribution in [0, 0.1) is 18.3 Å². The van der Waals surface area contributed by atoms with Crippen molar-refractivity contribution in [2.24, 2.45) is 0 Å². The van der Waals surface area contributed by atoms with Crippen LogP contribution in [0.2, 0.25) is 0 Å². The number of fused-ring (bicyclic) bond motifs is 1. The van der Waals surface area contributed by atoms with Crippen LogP contribution in [0.1, 0.15) is 52.1 Å². The lowest BCUT2D eigenvalue weighted by Gasteiger charge is -2.33. The van der Waals surface area contributed by atoms with Gasteiger partial charge in [-0.05, 0) is 67.6 Å². The van der Waals surface area contributed by atoms with E-state index in [2.05, 4.69) is 37.5 Å². The van der Waals surface area contributed by atoms with Crippen molar-refractivity contribution in [3.05, 3.63) is 76.7 Å². The van der Waals surface area contributed by atoms with E-state index in [4.69, 9.17) is 10.00 Å². The van der Waals surface area contributed by atoms with Gasteiger partial charge < -0.3 is 15.0 Å². The molecule has 0 unspecified atom stereocenters. The smallest absolute Gasteiger partial charge is 0.272 e. The molecule has 0 radical (unpaired) electrons. The maximum Gasteiger partial charge on any atom is 0.272 e. The zero-order valence-corrected chi connectivity index (χ0v) is 19.8. The molecule has 2 aromatic heterocycles. The van der Waals surface area contributed by atoms with Crippen molar-refractivity contribution in [2.45, 2.75) is 51.2 Å². The summed E-state index contributed by atoms with van der Waals surface area (Å²) in [6.07, 6.45) is 6.14. The van der Waals surface area contributed by atoms with E-state index < -0.39 is 0 Å². The SMILES string of the molecule is Cc1cc(C(=O)N[C@@H]2CCc3ncccc3C2)nnc1N1CCC(Oc2cccc(C#N)c2)CC1. The first kappa shape index (κ1) is 22.8. The second kappa shape index (κ2) is 10.1. The Morgan fingerprint density at radius 3 is 2.80 bits per heavy atom. The number of piperidine rings is 1. The number of anilines is 1. The van der Waals surface area contributed by atoms with Crippen LogP contribution in [0.5, 0.6) is 5.75 Å². The first-order valence-electron chi connectivity index (χ1n) is 12.1. The minimum atomic E-state index is -0.184. The lowest BCUT2D eigenvalue weighted by Crippen LogP contribution is -2.40. The number of nitriles is 1. The number of hydrogen-bond donors (Lipinski definition) is 1. The number of pyridine rings is 1. The Hall–Kier alpha value is -3.99. The number of nitrogens with zero attached hydrogens (tertiary/aromatic N) is 5. The fourth-order valence-electron chi connectivity index (χ4n) is 4.86. The van der Waals surface area contributed by atoms with Gasteiger partial charge in [-0.25, -0.2) is 0 Å². The minimum Gasteiger partial charge on any atom is -0.490 e. The number of rotatable bonds is 5. The fourth-order valence-corrected chi connectivity index (χ4v) is 4.86. The Balaban J connectivity index is 1.17. The zero-order chi connectivity index (χ0) is 24.2. The number of nitrogens with one attached hydrogen (secondary N) is 1. The number of amides is 1. The summed E-state index contributed by atoms with van der Waals surface area (Å²) in [5, 5.41) is 20.9. The largest absolute Gasteiger partial charge is 0.490 e. The van der Waals surface area contributed by atoms with Crippen molar-refractivity contribution in [1.29, 1.82) is 5.26 Å². The van der Waals surface area contributed by atoms with Crippen LogP contribution in [0.4, 0.5) is 5.82 Å². The average Bonchev–Trinajstić information content (AvgIpc) is 2.89. The van der Waals surface area contributed by atoms with Crippen molar-refractivity contribution in [1.82, 2.24) is 20.5 Å². The molecule has 1 aromatic carbocycles. The van der Waals surface area contributed by atoms with Crippen molar-refractivity contribution in [3.8, 4) is 11.8 Å². The monoisotopic (exact) mass is 468 g/mol. The zero-order valence-electron chi connectivity index (χ0n) is 19.8. The highest BCUT2D eigenvalue weighted by Crippen LogP contribution is 2.25. The summed E-state index contributed by atoms with van der Waals surface area (Å²) < 4.78 is 6.09. The average molecular weight is 469 g/mol. The Morgan fingerprint density at radius 1 is 1.14 bits per heavy atom. The number of carbonyl (C=O) groups excluding carboxylic acids is 1. The molecule has 1 N–H and O–H groups in total. The third-order valence-corrected chi connectivity index (χ3v) is 6.71. The van der Waals surface area contributed by atoms with E-state index in [9.17, 15) is 4.79 Å². The van der Waals surface area contributed by atoms with E-state index in [1.165, 1.54) is 5.56 Å². The van der Waals surface area contributed by atoms with Crippen molar-refractivity contribution in [3.63, 3.8) is 0 Å². The molecular formula is C27H28N6O2. The molecule has 3 aromatic rings. The van der Waals surface area contributed by atoms with Gasteiger partial charge in [-0.1, -0.05) is 12.1 Å². The van der Waals surface area contributed by atoms with Gasteiger partial charge in [0.15, 0.2) is 11.5 Å². The number of aromatic nitrogens is 3. The highest BCUT2D eigenvalue weighted by atomic mass is 16.5. The summed E-state index contributed by atoms with van der Waals surface area (Å²) in [6.45, 7) is 3.55. The summed E-state index contributed by atoms with van der Waals surface area (Å²) in [5.41, 5.74) is 4.21. The standard InChI is InChI=1S/C27H28N6O2/c1-18-14-25(27(34)30-21-7-8-24-20(16-21)5-3-11-29-24)31-32-26(18)33-12-9-22(10-13-33)35-23-6-2-4-19(15-23)17-28/h2-6,11,14-15,21-22H,7-10,12-13,16H2,1H3,(H,30,34)/t21-/m1/s1. The molecule has 1 aliphatic heterocycles. The predicted octanol–water partition coefficient (Wildman–Crippen LogP) is 3.39. The molecule has 8 nitrogen and oxygen atoms in total. The molecular weight excluding hydrogens is 440 g/mol. The van der Waals surface area contributed by atoms with Crippen LogP contribution >= 0.6 is 0 Å². The highest BCUT2D eigenvalue weighted by Gasteiger charge is 2.25. The van der Waals surface area contributed by atoms with E-state index in [0.717, 1.165) is 68.0 Å². The predicted molar refractivity (Wildman–Crippen MR) is 131 cm³/mol. The highest BCUT2D eigenvalue weighted by molar-refractivity contribution is 5.92. The Labute approximate surface area is 205 Å². The van der Waals surface area contributed by atoms with Crippen LogP contribution in [0.15, 0.2) is 48.7 Å². The number of aryl methyl sites for hydroxylation is 2. The Bertz CT molecular complexity index is 1260. The number of hydrogen-bond acceptors (Lipinski definition) is 7. The summed E-state index contributed by atoms with van der Waals surface area (Å²) in [4.78, 5) is 19.5. The Morgan fingerprint density at radius 2 is 2.00 bits per heavy atom. The molecule has 1 saturated heterocycles. The molecule has 1 fully saturated rings. The van der Waals surface area contributed by atoms with Gasteiger partial charge in [0.1, 0.15) is 11.9 Å². The van der Waals surface area contributed by atoms with Crippen LogP contribution in [0.3, 0.4) is 0 Å². The summed E-state index contributed by atoms with van der Waals surface area (Å²) in [7, 11) is 0.